The molecule has 3 N–H and O–H groups in total. The number of nitrogens with zero attached hydrogens (tertiary/aromatic N) is 1. The van der Waals surface area contributed by atoms with Crippen LogP contribution >= 0.6 is 11.3 Å². The van der Waals surface area contributed by atoms with Crippen LogP contribution < -0.4 is 11.1 Å². The molecule has 1 aromatic heterocycles. The minimum atomic E-state index is -0.594. The number of carbonyl (C=O) groups is 2. The Kier molecular flexibility index (Phi) is 4.86. The second-order valence-electron chi connectivity index (χ2n) is 4.51. The first-order chi connectivity index (χ1) is 9.15. The van der Waals surface area contributed by atoms with E-state index < -0.39 is 5.91 Å². The number of nitrogens with one attached hydrogen (secondary N) is 1. The van der Waals surface area contributed by atoms with Gasteiger partial charge in [0.15, 0.2) is 5.01 Å². The van der Waals surface area contributed by atoms with Crippen molar-refractivity contribution >= 4 is 28.2 Å². The molecule has 0 atom stereocenters. The quantitative estimate of drug-likeness (QED) is 0.856. The van der Waals surface area contributed by atoms with Gasteiger partial charge in [-0.05, 0) is 12.8 Å². The van der Waals surface area contributed by atoms with Gasteiger partial charge in [-0.15, -0.1) is 0 Å². The molecule has 2 amide bonds. The SMILES string of the molecule is NC(=O)c1ncc(NC(=O)COC2CCCCC2)s1. The standard InChI is InChI=1S/C12H17N3O3S/c13-11(17)12-14-6-10(19-12)15-9(16)7-18-8-4-2-1-3-5-8/h6,8H,1-5,7H2,(H2,13,17)(H,15,16). The lowest BCUT2D eigenvalue weighted by atomic mass is 9.98. The summed E-state index contributed by atoms with van der Waals surface area (Å²) >= 11 is 1.06. The van der Waals surface area contributed by atoms with E-state index in [2.05, 4.69) is 10.3 Å². The van der Waals surface area contributed by atoms with Crippen molar-refractivity contribution in [1.82, 2.24) is 4.98 Å². The summed E-state index contributed by atoms with van der Waals surface area (Å²) in [4.78, 5) is 26.3. The van der Waals surface area contributed by atoms with Gasteiger partial charge < -0.3 is 15.8 Å². The first-order valence-corrected chi connectivity index (χ1v) is 7.14. The highest BCUT2D eigenvalue weighted by molar-refractivity contribution is 7.17. The van der Waals surface area contributed by atoms with Gasteiger partial charge in [0.25, 0.3) is 11.8 Å². The summed E-state index contributed by atoms with van der Waals surface area (Å²) in [6.45, 7) is 0.0362. The van der Waals surface area contributed by atoms with Crippen LogP contribution in [0.2, 0.25) is 0 Å². The lowest BCUT2D eigenvalue weighted by molar-refractivity contribution is -0.123. The second kappa shape index (κ2) is 6.63. The molecule has 0 bridgehead atoms. The van der Waals surface area contributed by atoms with Gasteiger partial charge in [-0.25, -0.2) is 4.98 Å². The predicted octanol–water partition coefficient (Wildman–Crippen LogP) is 1.53. The molecule has 0 saturated heterocycles. The molecule has 7 heteroatoms. The molecular formula is C12H17N3O3S. The van der Waals surface area contributed by atoms with Crippen molar-refractivity contribution < 1.29 is 14.3 Å². The molecule has 6 nitrogen and oxygen atoms in total. The van der Waals surface area contributed by atoms with Crippen LogP contribution in [0.3, 0.4) is 0 Å². The summed E-state index contributed by atoms with van der Waals surface area (Å²) in [7, 11) is 0. The molecule has 1 heterocycles. The van der Waals surface area contributed by atoms with Crippen LogP contribution in [0.25, 0.3) is 0 Å². The summed E-state index contributed by atoms with van der Waals surface area (Å²) in [5, 5.41) is 3.33. The normalized spacial score (nSPS) is 16.2. The zero-order valence-electron chi connectivity index (χ0n) is 10.6. The van der Waals surface area contributed by atoms with Crippen molar-refractivity contribution in [3.05, 3.63) is 11.2 Å². The molecule has 0 radical (unpaired) electrons. The lowest BCUT2D eigenvalue weighted by Crippen LogP contribution is -2.24. The average molecular weight is 283 g/mol. The molecule has 0 spiro atoms. The zero-order chi connectivity index (χ0) is 13.7. The molecule has 1 aromatic rings. The maximum absolute atomic E-state index is 11.7. The third kappa shape index (κ3) is 4.29. The van der Waals surface area contributed by atoms with Crippen LogP contribution in [0.5, 0.6) is 0 Å². The Morgan fingerprint density at radius 2 is 2.16 bits per heavy atom. The number of amides is 2. The molecule has 2 rings (SSSR count). The van der Waals surface area contributed by atoms with Gasteiger partial charge in [0.2, 0.25) is 0 Å². The molecule has 0 aliphatic heterocycles. The average Bonchev–Trinajstić information content (AvgIpc) is 2.86. The van der Waals surface area contributed by atoms with E-state index in [1.54, 1.807) is 0 Å². The van der Waals surface area contributed by atoms with Gasteiger partial charge in [-0.3, -0.25) is 9.59 Å². The van der Waals surface area contributed by atoms with Crippen LogP contribution in [0.4, 0.5) is 5.00 Å². The molecule has 1 aliphatic carbocycles. The number of carbonyl (C=O) groups excluding carboxylic acids is 2. The number of thiazole rings is 1. The molecule has 1 fully saturated rings. The van der Waals surface area contributed by atoms with Crippen molar-refractivity contribution in [2.75, 3.05) is 11.9 Å². The van der Waals surface area contributed by atoms with Gasteiger partial charge >= 0.3 is 0 Å². The number of primary amides is 1. The number of aromatic nitrogens is 1. The fourth-order valence-electron chi connectivity index (χ4n) is 2.04. The Hall–Kier alpha value is -1.47. The Morgan fingerprint density at radius 3 is 2.79 bits per heavy atom. The maximum atomic E-state index is 11.7. The Labute approximate surface area is 115 Å². The van der Waals surface area contributed by atoms with Crippen molar-refractivity contribution in [3.8, 4) is 0 Å². The molecule has 19 heavy (non-hydrogen) atoms. The Balaban J connectivity index is 1.75. The number of nitrogens with two attached hydrogens (primary N) is 1. The molecule has 104 valence electrons. The molecule has 0 unspecified atom stereocenters. The van der Waals surface area contributed by atoms with Crippen molar-refractivity contribution in [3.63, 3.8) is 0 Å². The number of rotatable bonds is 5. The minimum Gasteiger partial charge on any atom is -0.368 e. The smallest absolute Gasteiger partial charge is 0.277 e. The Bertz CT molecular complexity index is 455. The topological polar surface area (TPSA) is 94.3 Å². The van der Waals surface area contributed by atoms with Crippen LogP contribution in [0.15, 0.2) is 6.20 Å². The largest absolute Gasteiger partial charge is 0.368 e. The van der Waals surface area contributed by atoms with E-state index in [0.29, 0.717) is 5.00 Å². The van der Waals surface area contributed by atoms with E-state index in [0.717, 1.165) is 24.2 Å². The number of ether oxygens (including phenoxy) is 1. The highest BCUT2D eigenvalue weighted by Gasteiger charge is 2.16. The van der Waals surface area contributed by atoms with Gasteiger partial charge in [-0.2, -0.15) is 0 Å². The Morgan fingerprint density at radius 1 is 1.42 bits per heavy atom. The zero-order valence-corrected chi connectivity index (χ0v) is 11.4. The van der Waals surface area contributed by atoms with Gasteiger partial charge in [0, 0.05) is 0 Å². The number of hydrogen-bond donors (Lipinski definition) is 2. The monoisotopic (exact) mass is 283 g/mol. The lowest BCUT2D eigenvalue weighted by Gasteiger charge is -2.21. The summed E-state index contributed by atoms with van der Waals surface area (Å²) in [6, 6.07) is 0. The van der Waals surface area contributed by atoms with E-state index in [-0.39, 0.29) is 23.6 Å². The number of hydrogen-bond acceptors (Lipinski definition) is 5. The van der Waals surface area contributed by atoms with E-state index in [9.17, 15) is 9.59 Å². The van der Waals surface area contributed by atoms with Crippen LogP contribution in [-0.2, 0) is 9.53 Å². The maximum Gasteiger partial charge on any atom is 0.277 e. The molecular weight excluding hydrogens is 266 g/mol. The fourth-order valence-corrected chi connectivity index (χ4v) is 2.73. The van der Waals surface area contributed by atoms with Gasteiger partial charge in [0.1, 0.15) is 11.6 Å². The highest BCUT2D eigenvalue weighted by atomic mass is 32.1. The third-order valence-corrected chi connectivity index (χ3v) is 3.91. The summed E-state index contributed by atoms with van der Waals surface area (Å²) in [6.07, 6.45) is 7.26. The predicted molar refractivity (Wildman–Crippen MR) is 72.1 cm³/mol. The van der Waals surface area contributed by atoms with E-state index in [1.807, 2.05) is 0 Å². The van der Waals surface area contributed by atoms with E-state index >= 15 is 0 Å². The highest BCUT2D eigenvalue weighted by Crippen LogP contribution is 2.21. The molecule has 0 aromatic carbocycles. The minimum absolute atomic E-state index is 0.0362. The van der Waals surface area contributed by atoms with Gasteiger partial charge in [0.05, 0.1) is 12.3 Å². The van der Waals surface area contributed by atoms with Crippen LogP contribution in [0.1, 0.15) is 41.9 Å². The first kappa shape index (κ1) is 14.0. The third-order valence-electron chi connectivity index (χ3n) is 2.98. The fraction of sp³-hybridized carbons (Fsp3) is 0.583. The van der Waals surface area contributed by atoms with Crippen LogP contribution in [-0.4, -0.2) is 29.5 Å². The summed E-state index contributed by atoms with van der Waals surface area (Å²) < 4.78 is 5.55. The van der Waals surface area contributed by atoms with Gasteiger partial charge in [-0.1, -0.05) is 30.6 Å². The van der Waals surface area contributed by atoms with Crippen molar-refractivity contribution in [2.24, 2.45) is 5.73 Å². The second-order valence-corrected chi connectivity index (χ2v) is 5.54. The van der Waals surface area contributed by atoms with E-state index in [4.69, 9.17) is 10.5 Å². The molecule has 1 saturated carbocycles. The van der Waals surface area contributed by atoms with Crippen molar-refractivity contribution in [1.29, 1.82) is 0 Å². The number of anilines is 1. The van der Waals surface area contributed by atoms with Crippen LogP contribution in [0, 0.1) is 0 Å². The molecule has 1 aliphatic rings. The summed E-state index contributed by atoms with van der Waals surface area (Å²) in [5.41, 5.74) is 5.09. The van der Waals surface area contributed by atoms with Crippen molar-refractivity contribution in [2.45, 2.75) is 38.2 Å². The summed E-state index contributed by atoms with van der Waals surface area (Å²) in [5.74, 6) is -0.825. The van der Waals surface area contributed by atoms with E-state index in [1.165, 1.54) is 25.5 Å². The first-order valence-electron chi connectivity index (χ1n) is 6.32.